The van der Waals surface area contributed by atoms with Gasteiger partial charge in [-0.3, -0.25) is 4.68 Å². The molecule has 2 N–H and O–H groups in total. The number of nitrogens with zero attached hydrogens (tertiary/aromatic N) is 3. The van der Waals surface area contributed by atoms with Crippen LogP contribution in [0, 0.1) is 0 Å². The van der Waals surface area contributed by atoms with Crippen molar-refractivity contribution in [2.45, 2.75) is 18.0 Å². The SMILES string of the molecule is CN(Cc1ccc(Br)cc1)S(=O)(=O)c1cnn(CCN)c1. The van der Waals surface area contributed by atoms with Crippen LogP contribution in [0.2, 0.25) is 0 Å². The van der Waals surface area contributed by atoms with E-state index in [4.69, 9.17) is 5.73 Å². The van der Waals surface area contributed by atoms with Gasteiger partial charge in [-0.25, -0.2) is 8.42 Å². The highest BCUT2D eigenvalue weighted by Gasteiger charge is 2.22. The summed E-state index contributed by atoms with van der Waals surface area (Å²) < 4.78 is 28.7. The van der Waals surface area contributed by atoms with Crippen LogP contribution in [0.4, 0.5) is 0 Å². The fraction of sp³-hybridized carbons (Fsp3) is 0.308. The first-order valence-electron chi connectivity index (χ1n) is 6.37. The molecule has 0 spiro atoms. The Kier molecular flexibility index (Phi) is 5.15. The topological polar surface area (TPSA) is 81.2 Å². The maximum absolute atomic E-state index is 12.5. The molecule has 1 aromatic heterocycles. The third-order valence-electron chi connectivity index (χ3n) is 2.99. The Labute approximate surface area is 132 Å². The van der Waals surface area contributed by atoms with E-state index in [2.05, 4.69) is 21.0 Å². The van der Waals surface area contributed by atoms with Crippen molar-refractivity contribution in [3.63, 3.8) is 0 Å². The van der Waals surface area contributed by atoms with Crippen molar-refractivity contribution in [1.29, 1.82) is 0 Å². The largest absolute Gasteiger partial charge is 0.329 e. The lowest BCUT2D eigenvalue weighted by Crippen LogP contribution is -2.26. The van der Waals surface area contributed by atoms with Crippen molar-refractivity contribution in [2.75, 3.05) is 13.6 Å². The standard InChI is InChI=1S/C13H17BrN4O2S/c1-17(9-11-2-4-12(14)5-3-11)21(19,20)13-8-16-18(10-13)7-6-15/h2-5,8,10H,6-7,9,15H2,1H3. The molecule has 2 rings (SSSR count). The fourth-order valence-corrected chi connectivity index (χ4v) is 3.22. The molecule has 8 heteroatoms. The van der Waals surface area contributed by atoms with Crippen LogP contribution >= 0.6 is 15.9 Å². The van der Waals surface area contributed by atoms with Crippen LogP contribution in [-0.2, 0) is 23.1 Å². The number of sulfonamides is 1. The number of aromatic nitrogens is 2. The third-order valence-corrected chi connectivity index (χ3v) is 5.28. The lowest BCUT2D eigenvalue weighted by atomic mass is 10.2. The number of rotatable bonds is 6. The van der Waals surface area contributed by atoms with E-state index in [1.807, 2.05) is 24.3 Å². The highest BCUT2D eigenvalue weighted by molar-refractivity contribution is 9.10. The molecule has 0 aliphatic rings. The van der Waals surface area contributed by atoms with Crippen LogP contribution in [0.3, 0.4) is 0 Å². The van der Waals surface area contributed by atoms with E-state index < -0.39 is 10.0 Å². The summed E-state index contributed by atoms with van der Waals surface area (Å²) in [6, 6.07) is 7.53. The van der Waals surface area contributed by atoms with E-state index in [1.165, 1.54) is 21.4 Å². The Hall–Kier alpha value is -1.22. The minimum atomic E-state index is -3.55. The van der Waals surface area contributed by atoms with E-state index in [-0.39, 0.29) is 4.90 Å². The second-order valence-corrected chi connectivity index (χ2v) is 7.58. The molecule has 0 amide bonds. The lowest BCUT2D eigenvalue weighted by Gasteiger charge is -2.16. The highest BCUT2D eigenvalue weighted by Crippen LogP contribution is 2.17. The molecule has 0 fully saturated rings. The van der Waals surface area contributed by atoms with Crippen LogP contribution < -0.4 is 5.73 Å². The second kappa shape index (κ2) is 6.69. The molecule has 0 atom stereocenters. The molecule has 6 nitrogen and oxygen atoms in total. The Morgan fingerprint density at radius 1 is 1.33 bits per heavy atom. The zero-order chi connectivity index (χ0) is 15.5. The molecule has 0 saturated carbocycles. The number of benzene rings is 1. The fourth-order valence-electron chi connectivity index (χ4n) is 1.84. The molecular weight excluding hydrogens is 356 g/mol. The van der Waals surface area contributed by atoms with Gasteiger partial charge < -0.3 is 5.73 Å². The summed E-state index contributed by atoms with van der Waals surface area (Å²) in [5, 5.41) is 4.00. The Bertz CT molecular complexity index is 697. The number of hydrogen-bond acceptors (Lipinski definition) is 4. The van der Waals surface area contributed by atoms with Gasteiger partial charge in [-0.1, -0.05) is 28.1 Å². The van der Waals surface area contributed by atoms with Gasteiger partial charge in [0.05, 0.1) is 12.7 Å². The van der Waals surface area contributed by atoms with Crippen LogP contribution in [-0.4, -0.2) is 36.1 Å². The van der Waals surface area contributed by atoms with Gasteiger partial charge in [0.15, 0.2) is 0 Å². The van der Waals surface area contributed by atoms with Crippen molar-refractivity contribution in [3.05, 3.63) is 46.7 Å². The van der Waals surface area contributed by atoms with E-state index in [9.17, 15) is 8.42 Å². The number of hydrogen-bond donors (Lipinski definition) is 1. The maximum Gasteiger partial charge on any atom is 0.246 e. The minimum absolute atomic E-state index is 0.176. The summed E-state index contributed by atoms with van der Waals surface area (Å²) >= 11 is 3.35. The van der Waals surface area contributed by atoms with Gasteiger partial charge in [0, 0.05) is 30.8 Å². The second-order valence-electron chi connectivity index (χ2n) is 4.62. The summed E-state index contributed by atoms with van der Waals surface area (Å²) in [6.45, 7) is 1.21. The molecule has 114 valence electrons. The maximum atomic E-state index is 12.5. The monoisotopic (exact) mass is 372 g/mol. The van der Waals surface area contributed by atoms with Crippen molar-refractivity contribution < 1.29 is 8.42 Å². The van der Waals surface area contributed by atoms with Crippen molar-refractivity contribution >= 4 is 26.0 Å². The van der Waals surface area contributed by atoms with E-state index in [1.54, 1.807) is 7.05 Å². The van der Waals surface area contributed by atoms with E-state index in [0.29, 0.717) is 19.6 Å². The molecule has 0 aliphatic heterocycles. The molecule has 1 heterocycles. The van der Waals surface area contributed by atoms with Gasteiger partial charge in [0.2, 0.25) is 10.0 Å². The van der Waals surface area contributed by atoms with Crippen LogP contribution in [0.5, 0.6) is 0 Å². The van der Waals surface area contributed by atoms with Crippen LogP contribution in [0.25, 0.3) is 0 Å². The Morgan fingerprint density at radius 3 is 2.62 bits per heavy atom. The summed E-state index contributed by atoms with van der Waals surface area (Å²) in [7, 11) is -1.99. The third kappa shape index (κ3) is 3.91. The number of nitrogens with two attached hydrogens (primary N) is 1. The van der Waals surface area contributed by atoms with Crippen molar-refractivity contribution in [2.24, 2.45) is 5.73 Å². The van der Waals surface area contributed by atoms with Gasteiger partial charge >= 0.3 is 0 Å². The van der Waals surface area contributed by atoms with Gasteiger partial charge in [-0.05, 0) is 17.7 Å². The Morgan fingerprint density at radius 2 is 2.00 bits per heavy atom. The molecule has 0 radical (unpaired) electrons. The smallest absolute Gasteiger partial charge is 0.246 e. The zero-order valence-corrected chi connectivity index (χ0v) is 14.0. The minimum Gasteiger partial charge on any atom is -0.329 e. The normalized spacial score (nSPS) is 12.0. The molecule has 1 aromatic carbocycles. The molecule has 0 unspecified atom stereocenters. The van der Waals surface area contributed by atoms with E-state index in [0.717, 1.165) is 10.0 Å². The first kappa shape index (κ1) is 16.2. The van der Waals surface area contributed by atoms with Gasteiger partial charge in [-0.15, -0.1) is 0 Å². The Balaban J connectivity index is 2.15. The van der Waals surface area contributed by atoms with Crippen molar-refractivity contribution in [3.8, 4) is 0 Å². The molecule has 0 bridgehead atoms. The predicted octanol–water partition coefficient (Wildman–Crippen LogP) is 1.43. The molecule has 0 saturated heterocycles. The van der Waals surface area contributed by atoms with Crippen LogP contribution in [0.1, 0.15) is 5.56 Å². The molecule has 21 heavy (non-hydrogen) atoms. The van der Waals surface area contributed by atoms with Gasteiger partial charge in [-0.2, -0.15) is 9.40 Å². The van der Waals surface area contributed by atoms with E-state index >= 15 is 0 Å². The van der Waals surface area contributed by atoms with Crippen molar-refractivity contribution in [1.82, 2.24) is 14.1 Å². The number of halogens is 1. The molecule has 2 aromatic rings. The predicted molar refractivity (Wildman–Crippen MR) is 84.1 cm³/mol. The zero-order valence-electron chi connectivity index (χ0n) is 11.6. The average Bonchev–Trinajstić information content (AvgIpc) is 2.91. The highest BCUT2D eigenvalue weighted by atomic mass is 79.9. The first-order chi connectivity index (χ1) is 9.93. The molecular formula is C13H17BrN4O2S. The van der Waals surface area contributed by atoms with Crippen LogP contribution in [0.15, 0.2) is 46.0 Å². The summed E-state index contributed by atoms with van der Waals surface area (Å²) in [5.74, 6) is 0. The summed E-state index contributed by atoms with van der Waals surface area (Å²) in [4.78, 5) is 0.176. The summed E-state index contributed by atoms with van der Waals surface area (Å²) in [6.07, 6.45) is 2.85. The first-order valence-corrected chi connectivity index (χ1v) is 8.60. The quantitative estimate of drug-likeness (QED) is 0.831. The summed E-state index contributed by atoms with van der Waals surface area (Å²) in [5.41, 5.74) is 6.34. The van der Waals surface area contributed by atoms with Gasteiger partial charge in [0.1, 0.15) is 4.90 Å². The van der Waals surface area contributed by atoms with Gasteiger partial charge in [0.25, 0.3) is 0 Å². The lowest BCUT2D eigenvalue weighted by molar-refractivity contribution is 0.466. The molecule has 0 aliphatic carbocycles. The average molecular weight is 373 g/mol.